The van der Waals surface area contributed by atoms with Crippen LogP contribution in [-0.4, -0.2) is 50.6 Å². The van der Waals surface area contributed by atoms with E-state index in [1.54, 1.807) is 19.2 Å². The van der Waals surface area contributed by atoms with Gasteiger partial charge in [0.05, 0.1) is 26.3 Å². The van der Waals surface area contributed by atoms with Crippen LogP contribution in [0.25, 0.3) is 11.2 Å². The van der Waals surface area contributed by atoms with Gasteiger partial charge in [0.1, 0.15) is 18.6 Å². The summed E-state index contributed by atoms with van der Waals surface area (Å²) < 4.78 is 12.5. The zero-order chi connectivity index (χ0) is 23.4. The average Bonchev–Trinajstić information content (AvgIpc) is 3.24. The van der Waals surface area contributed by atoms with Crippen molar-refractivity contribution in [3.05, 3.63) is 76.3 Å². The summed E-state index contributed by atoms with van der Waals surface area (Å²) in [6.07, 6.45) is 1.29. The molecular weight excluding hydrogens is 428 g/mol. The van der Waals surface area contributed by atoms with E-state index in [1.807, 2.05) is 24.3 Å². The topological polar surface area (TPSA) is 130 Å². The normalized spacial score (nSPS) is 10.7. The summed E-state index contributed by atoms with van der Waals surface area (Å²) in [6.45, 7) is 0.0927. The SMILES string of the molecule is COC(=O)c1ccc(NC(=O)Cn2cnc3c(nnn3Cc3cccc(OC)c3)c2=O)cc1. The van der Waals surface area contributed by atoms with E-state index in [2.05, 4.69) is 25.3 Å². The number of hydrogen-bond acceptors (Lipinski definition) is 8. The van der Waals surface area contributed by atoms with Crippen LogP contribution in [0.4, 0.5) is 5.69 Å². The van der Waals surface area contributed by atoms with Gasteiger partial charge in [-0.15, -0.1) is 5.10 Å². The molecule has 2 heterocycles. The van der Waals surface area contributed by atoms with Crippen molar-refractivity contribution in [3.63, 3.8) is 0 Å². The van der Waals surface area contributed by atoms with Crippen LogP contribution in [0.3, 0.4) is 0 Å². The van der Waals surface area contributed by atoms with Gasteiger partial charge in [0.25, 0.3) is 5.56 Å². The molecule has 4 rings (SSSR count). The summed E-state index contributed by atoms with van der Waals surface area (Å²) in [6, 6.07) is 13.6. The average molecular weight is 448 g/mol. The number of anilines is 1. The number of hydrogen-bond donors (Lipinski definition) is 1. The Morgan fingerprint density at radius 2 is 1.88 bits per heavy atom. The fourth-order valence-electron chi connectivity index (χ4n) is 3.21. The van der Waals surface area contributed by atoms with Gasteiger partial charge in [-0.1, -0.05) is 17.3 Å². The fourth-order valence-corrected chi connectivity index (χ4v) is 3.21. The second kappa shape index (κ2) is 9.30. The number of esters is 1. The number of carbonyl (C=O) groups excluding carboxylic acids is 2. The number of amides is 1. The molecule has 0 aliphatic carbocycles. The van der Waals surface area contributed by atoms with Crippen molar-refractivity contribution in [1.82, 2.24) is 24.5 Å². The Kier molecular flexibility index (Phi) is 6.11. The highest BCUT2D eigenvalue weighted by molar-refractivity contribution is 5.93. The van der Waals surface area contributed by atoms with Crippen molar-refractivity contribution in [2.75, 3.05) is 19.5 Å². The van der Waals surface area contributed by atoms with Crippen LogP contribution in [0.2, 0.25) is 0 Å². The number of benzene rings is 2. The van der Waals surface area contributed by atoms with E-state index in [4.69, 9.17) is 4.74 Å². The Hall–Kier alpha value is -4.54. The quantitative estimate of drug-likeness (QED) is 0.421. The molecule has 0 bridgehead atoms. The molecular formula is C22H20N6O5. The molecule has 0 radical (unpaired) electrons. The second-order valence-electron chi connectivity index (χ2n) is 7.07. The zero-order valence-corrected chi connectivity index (χ0v) is 17.9. The summed E-state index contributed by atoms with van der Waals surface area (Å²) in [4.78, 5) is 41.0. The fraction of sp³-hybridized carbons (Fsp3) is 0.182. The largest absolute Gasteiger partial charge is 0.497 e. The monoisotopic (exact) mass is 448 g/mol. The number of nitrogens with one attached hydrogen (secondary N) is 1. The smallest absolute Gasteiger partial charge is 0.337 e. The predicted molar refractivity (Wildman–Crippen MR) is 118 cm³/mol. The van der Waals surface area contributed by atoms with Crippen molar-refractivity contribution in [3.8, 4) is 5.75 Å². The molecule has 0 saturated heterocycles. The highest BCUT2D eigenvalue weighted by Crippen LogP contribution is 2.15. The molecule has 0 aliphatic rings. The number of carbonyl (C=O) groups is 2. The van der Waals surface area contributed by atoms with Crippen LogP contribution in [-0.2, 0) is 22.6 Å². The van der Waals surface area contributed by atoms with Gasteiger partial charge < -0.3 is 14.8 Å². The van der Waals surface area contributed by atoms with Crippen molar-refractivity contribution in [2.45, 2.75) is 13.1 Å². The number of methoxy groups -OCH3 is 2. The number of aromatic nitrogens is 5. The molecule has 168 valence electrons. The summed E-state index contributed by atoms with van der Waals surface area (Å²) in [7, 11) is 2.87. The van der Waals surface area contributed by atoms with Gasteiger partial charge in [-0.2, -0.15) is 0 Å². The second-order valence-corrected chi connectivity index (χ2v) is 7.07. The third-order valence-electron chi connectivity index (χ3n) is 4.86. The van der Waals surface area contributed by atoms with Gasteiger partial charge in [-0.25, -0.2) is 14.5 Å². The van der Waals surface area contributed by atoms with Crippen LogP contribution in [0.5, 0.6) is 5.75 Å². The standard InChI is InChI=1S/C22H20N6O5/c1-32-17-5-3-4-14(10-17)11-28-20-19(25-26-28)21(30)27(13-23-20)12-18(29)24-16-8-6-15(7-9-16)22(31)33-2/h3-10,13H,11-12H2,1-2H3,(H,24,29). The maximum absolute atomic E-state index is 12.8. The first kappa shape index (κ1) is 21.7. The van der Waals surface area contributed by atoms with E-state index in [0.717, 1.165) is 10.1 Å². The maximum Gasteiger partial charge on any atom is 0.337 e. The highest BCUT2D eigenvalue weighted by atomic mass is 16.5. The lowest BCUT2D eigenvalue weighted by Crippen LogP contribution is -2.28. The number of nitrogens with zero attached hydrogens (tertiary/aromatic N) is 5. The molecule has 0 unspecified atom stereocenters. The zero-order valence-electron chi connectivity index (χ0n) is 17.9. The minimum absolute atomic E-state index is 0.0654. The van der Waals surface area contributed by atoms with E-state index in [-0.39, 0.29) is 12.1 Å². The van der Waals surface area contributed by atoms with Crippen LogP contribution in [0.15, 0.2) is 59.7 Å². The summed E-state index contributed by atoms with van der Waals surface area (Å²) in [5.41, 5.74) is 1.64. The van der Waals surface area contributed by atoms with Crippen LogP contribution in [0, 0.1) is 0 Å². The first-order valence-electron chi connectivity index (χ1n) is 9.88. The van der Waals surface area contributed by atoms with E-state index in [1.165, 1.54) is 30.3 Å². The molecule has 2 aromatic carbocycles. The van der Waals surface area contributed by atoms with Crippen molar-refractivity contribution in [1.29, 1.82) is 0 Å². The van der Waals surface area contributed by atoms with E-state index < -0.39 is 17.4 Å². The summed E-state index contributed by atoms with van der Waals surface area (Å²) in [5, 5.41) is 10.7. The third-order valence-corrected chi connectivity index (χ3v) is 4.86. The molecule has 0 atom stereocenters. The third kappa shape index (κ3) is 4.71. The molecule has 0 aliphatic heterocycles. The Morgan fingerprint density at radius 1 is 1.09 bits per heavy atom. The first-order chi connectivity index (χ1) is 16.0. The Morgan fingerprint density at radius 3 is 2.61 bits per heavy atom. The molecule has 4 aromatic rings. The minimum atomic E-state index is -0.479. The minimum Gasteiger partial charge on any atom is -0.497 e. The van der Waals surface area contributed by atoms with Gasteiger partial charge in [0, 0.05) is 5.69 Å². The maximum atomic E-state index is 12.8. The predicted octanol–water partition coefficient (Wildman–Crippen LogP) is 1.47. The lowest BCUT2D eigenvalue weighted by atomic mass is 10.2. The van der Waals surface area contributed by atoms with E-state index >= 15 is 0 Å². The summed E-state index contributed by atoms with van der Waals surface area (Å²) >= 11 is 0. The lowest BCUT2D eigenvalue weighted by molar-refractivity contribution is -0.116. The number of fused-ring (bicyclic) bond motifs is 1. The molecule has 0 saturated carbocycles. The molecule has 2 aromatic heterocycles. The van der Waals surface area contributed by atoms with Gasteiger partial charge in [0.2, 0.25) is 5.91 Å². The molecule has 11 heteroatoms. The van der Waals surface area contributed by atoms with E-state index in [9.17, 15) is 14.4 Å². The Balaban J connectivity index is 1.48. The molecule has 11 nitrogen and oxygen atoms in total. The van der Waals surface area contributed by atoms with Crippen LogP contribution < -0.4 is 15.6 Å². The van der Waals surface area contributed by atoms with Gasteiger partial charge in [0.15, 0.2) is 11.2 Å². The van der Waals surface area contributed by atoms with Crippen LogP contribution >= 0.6 is 0 Å². The molecule has 1 N–H and O–H groups in total. The van der Waals surface area contributed by atoms with Crippen molar-refractivity contribution in [2.24, 2.45) is 0 Å². The summed E-state index contributed by atoms with van der Waals surface area (Å²) in [5.74, 6) is -0.204. The molecule has 0 spiro atoms. The van der Waals surface area contributed by atoms with Crippen molar-refractivity contribution < 1.29 is 19.1 Å². The Bertz CT molecular complexity index is 1380. The van der Waals surface area contributed by atoms with Crippen molar-refractivity contribution >= 4 is 28.7 Å². The molecule has 0 fully saturated rings. The van der Waals surface area contributed by atoms with Gasteiger partial charge in [-0.3, -0.25) is 14.2 Å². The van der Waals surface area contributed by atoms with Gasteiger partial charge in [-0.05, 0) is 42.0 Å². The van der Waals surface area contributed by atoms with E-state index in [0.29, 0.717) is 29.2 Å². The lowest BCUT2D eigenvalue weighted by Gasteiger charge is -2.08. The molecule has 1 amide bonds. The van der Waals surface area contributed by atoms with Gasteiger partial charge >= 0.3 is 5.97 Å². The molecule has 33 heavy (non-hydrogen) atoms. The highest BCUT2D eigenvalue weighted by Gasteiger charge is 2.15. The first-order valence-corrected chi connectivity index (χ1v) is 9.88. The number of ether oxygens (including phenoxy) is 2. The Labute approximate surface area is 187 Å². The van der Waals surface area contributed by atoms with Crippen LogP contribution in [0.1, 0.15) is 15.9 Å². The number of rotatable bonds is 7.